The van der Waals surface area contributed by atoms with E-state index < -0.39 is 6.10 Å². The Morgan fingerprint density at radius 2 is 1.85 bits per heavy atom. The minimum absolute atomic E-state index is 0.496. The quantitative estimate of drug-likeness (QED) is 0.868. The highest BCUT2D eigenvalue weighted by Gasteiger charge is 2.17. The van der Waals surface area contributed by atoms with Gasteiger partial charge in [-0.2, -0.15) is 0 Å². The smallest absolute Gasteiger partial charge is 0.161 e. The number of aliphatic hydroxyl groups excluding tert-OH is 1. The summed E-state index contributed by atoms with van der Waals surface area (Å²) in [6, 6.07) is 5.69. The average molecular weight is 279 g/mol. The molecule has 1 aliphatic heterocycles. The maximum atomic E-state index is 10.4. The summed E-state index contributed by atoms with van der Waals surface area (Å²) in [6.07, 6.45) is -0.496. The Labute approximate surface area is 121 Å². The number of ether oxygens (including phenoxy) is 2. The number of nitrogens with zero attached hydrogens (tertiary/aromatic N) is 1. The molecule has 0 aromatic heterocycles. The van der Waals surface area contributed by atoms with Crippen molar-refractivity contribution in [3.05, 3.63) is 23.8 Å². The molecular weight excluding hydrogens is 254 g/mol. The Hall–Kier alpha value is -1.26. The SMILES string of the molecule is CCN(CC(C)C)CC(O)c1ccc2c(c1)OCCO2. The number of hydrogen-bond donors (Lipinski definition) is 1. The fraction of sp³-hybridized carbons (Fsp3) is 0.625. The lowest BCUT2D eigenvalue weighted by Crippen LogP contribution is -2.31. The van der Waals surface area contributed by atoms with Crippen LogP contribution in [0.5, 0.6) is 11.5 Å². The minimum atomic E-state index is -0.496. The number of likely N-dealkylation sites (N-methyl/N-ethyl adjacent to an activating group) is 1. The van der Waals surface area contributed by atoms with Crippen molar-refractivity contribution in [2.75, 3.05) is 32.8 Å². The van der Waals surface area contributed by atoms with Crippen molar-refractivity contribution in [3.63, 3.8) is 0 Å². The van der Waals surface area contributed by atoms with E-state index in [0.29, 0.717) is 25.7 Å². The summed E-state index contributed by atoms with van der Waals surface area (Å²) >= 11 is 0. The second kappa shape index (κ2) is 6.95. The first-order valence-electron chi connectivity index (χ1n) is 7.40. The molecule has 4 heteroatoms. The second-order valence-electron chi connectivity index (χ2n) is 5.66. The van der Waals surface area contributed by atoms with Crippen LogP contribution in [0.15, 0.2) is 18.2 Å². The van der Waals surface area contributed by atoms with Crippen LogP contribution in [0.4, 0.5) is 0 Å². The summed E-state index contributed by atoms with van der Waals surface area (Å²) in [4.78, 5) is 2.27. The first-order valence-corrected chi connectivity index (χ1v) is 7.40. The molecule has 0 spiro atoms. The van der Waals surface area contributed by atoms with E-state index in [2.05, 4.69) is 25.7 Å². The van der Waals surface area contributed by atoms with E-state index in [1.807, 2.05) is 18.2 Å². The maximum absolute atomic E-state index is 10.4. The molecule has 0 amide bonds. The van der Waals surface area contributed by atoms with Gasteiger partial charge in [-0.3, -0.25) is 0 Å². The third kappa shape index (κ3) is 3.87. The standard InChI is InChI=1S/C16H25NO3/c1-4-17(10-12(2)3)11-14(18)13-5-6-15-16(9-13)20-8-7-19-15/h5-6,9,12,14,18H,4,7-8,10-11H2,1-3H3. The lowest BCUT2D eigenvalue weighted by molar-refractivity contribution is 0.108. The van der Waals surface area contributed by atoms with Gasteiger partial charge in [-0.15, -0.1) is 0 Å². The predicted molar refractivity (Wildman–Crippen MR) is 79.3 cm³/mol. The molecule has 20 heavy (non-hydrogen) atoms. The molecule has 1 N–H and O–H groups in total. The van der Waals surface area contributed by atoms with Crippen LogP contribution in [0.2, 0.25) is 0 Å². The second-order valence-corrected chi connectivity index (χ2v) is 5.66. The van der Waals surface area contributed by atoms with Crippen molar-refractivity contribution in [1.29, 1.82) is 0 Å². The van der Waals surface area contributed by atoms with Crippen LogP contribution in [-0.4, -0.2) is 42.9 Å². The summed E-state index contributed by atoms with van der Waals surface area (Å²) in [5.74, 6) is 2.10. The molecule has 1 aromatic carbocycles. The number of rotatable bonds is 6. The number of aliphatic hydroxyl groups is 1. The highest BCUT2D eigenvalue weighted by atomic mass is 16.6. The van der Waals surface area contributed by atoms with E-state index in [0.717, 1.165) is 30.2 Å². The Balaban J connectivity index is 2.02. The monoisotopic (exact) mass is 279 g/mol. The molecule has 1 atom stereocenters. The van der Waals surface area contributed by atoms with Gasteiger partial charge in [-0.05, 0) is 30.2 Å². The molecule has 2 rings (SSSR count). The van der Waals surface area contributed by atoms with Crippen molar-refractivity contribution in [1.82, 2.24) is 4.90 Å². The Morgan fingerprint density at radius 3 is 2.50 bits per heavy atom. The van der Waals surface area contributed by atoms with Crippen LogP contribution in [0.25, 0.3) is 0 Å². The third-order valence-electron chi connectivity index (χ3n) is 3.45. The van der Waals surface area contributed by atoms with E-state index in [1.54, 1.807) is 0 Å². The van der Waals surface area contributed by atoms with E-state index in [1.165, 1.54) is 0 Å². The topological polar surface area (TPSA) is 41.9 Å². The van der Waals surface area contributed by atoms with Gasteiger partial charge in [0.05, 0.1) is 6.10 Å². The molecule has 0 aliphatic carbocycles. The number of hydrogen-bond acceptors (Lipinski definition) is 4. The van der Waals surface area contributed by atoms with Gasteiger partial charge in [0, 0.05) is 13.1 Å². The molecule has 1 unspecified atom stereocenters. The van der Waals surface area contributed by atoms with Crippen LogP contribution in [0, 0.1) is 5.92 Å². The number of benzene rings is 1. The molecule has 0 fully saturated rings. The van der Waals surface area contributed by atoms with Crippen molar-refractivity contribution in [2.45, 2.75) is 26.9 Å². The zero-order chi connectivity index (χ0) is 14.5. The van der Waals surface area contributed by atoms with Gasteiger partial charge in [-0.1, -0.05) is 26.8 Å². The van der Waals surface area contributed by atoms with Gasteiger partial charge >= 0.3 is 0 Å². The summed E-state index contributed by atoms with van der Waals surface area (Å²) in [7, 11) is 0. The van der Waals surface area contributed by atoms with Crippen LogP contribution in [-0.2, 0) is 0 Å². The van der Waals surface area contributed by atoms with Gasteiger partial charge in [0.25, 0.3) is 0 Å². The lowest BCUT2D eigenvalue weighted by Gasteiger charge is -2.26. The van der Waals surface area contributed by atoms with Crippen molar-refractivity contribution in [2.24, 2.45) is 5.92 Å². The molecular formula is C16H25NO3. The summed E-state index contributed by atoms with van der Waals surface area (Å²) in [5, 5.41) is 10.4. The Kier molecular flexibility index (Phi) is 5.26. The largest absolute Gasteiger partial charge is 0.486 e. The molecule has 0 saturated heterocycles. The highest BCUT2D eigenvalue weighted by Crippen LogP contribution is 2.32. The van der Waals surface area contributed by atoms with Gasteiger partial charge in [0.2, 0.25) is 0 Å². The molecule has 0 saturated carbocycles. The van der Waals surface area contributed by atoms with Crippen molar-refractivity contribution in [3.8, 4) is 11.5 Å². The predicted octanol–water partition coefficient (Wildman–Crippen LogP) is 2.47. The fourth-order valence-electron chi connectivity index (χ4n) is 2.47. The molecule has 0 radical (unpaired) electrons. The number of fused-ring (bicyclic) bond motifs is 1. The third-order valence-corrected chi connectivity index (χ3v) is 3.45. The van der Waals surface area contributed by atoms with Crippen LogP contribution in [0.1, 0.15) is 32.4 Å². The average Bonchev–Trinajstić information content (AvgIpc) is 2.45. The molecule has 4 nitrogen and oxygen atoms in total. The summed E-state index contributed by atoms with van der Waals surface area (Å²) in [6.45, 7) is 10.3. The first kappa shape index (κ1) is 15.1. The molecule has 1 aromatic rings. The molecule has 0 bridgehead atoms. The highest BCUT2D eigenvalue weighted by molar-refractivity contribution is 5.44. The van der Waals surface area contributed by atoms with E-state index >= 15 is 0 Å². The van der Waals surface area contributed by atoms with E-state index in [9.17, 15) is 5.11 Å². The molecule has 112 valence electrons. The molecule has 1 heterocycles. The van der Waals surface area contributed by atoms with Crippen molar-refractivity contribution >= 4 is 0 Å². The van der Waals surface area contributed by atoms with Gasteiger partial charge in [0.15, 0.2) is 11.5 Å². The van der Waals surface area contributed by atoms with Gasteiger partial charge < -0.3 is 19.5 Å². The van der Waals surface area contributed by atoms with Crippen LogP contribution in [0.3, 0.4) is 0 Å². The minimum Gasteiger partial charge on any atom is -0.486 e. The van der Waals surface area contributed by atoms with Crippen LogP contribution >= 0.6 is 0 Å². The summed E-state index contributed by atoms with van der Waals surface area (Å²) in [5.41, 5.74) is 0.886. The fourth-order valence-corrected chi connectivity index (χ4v) is 2.47. The Morgan fingerprint density at radius 1 is 1.15 bits per heavy atom. The van der Waals surface area contributed by atoms with Crippen LogP contribution < -0.4 is 9.47 Å². The van der Waals surface area contributed by atoms with Crippen molar-refractivity contribution < 1.29 is 14.6 Å². The molecule has 1 aliphatic rings. The normalized spacial score (nSPS) is 15.7. The zero-order valence-corrected chi connectivity index (χ0v) is 12.6. The maximum Gasteiger partial charge on any atom is 0.161 e. The van der Waals surface area contributed by atoms with E-state index in [-0.39, 0.29) is 0 Å². The summed E-state index contributed by atoms with van der Waals surface area (Å²) < 4.78 is 11.1. The zero-order valence-electron chi connectivity index (χ0n) is 12.6. The Bertz CT molecular complexity index is 434. The first-order chi connectivity index (χ1) is 9.60. The van der Waals surface area contributed by atoms with E-state index in [4.69, 9.17) is 9.47 Å². The van der Waals surface area contributed by atoms with Gasteiger partial charge in [-0.25, -0.2) is 0 Å². The lowest BCUT2D eigenvalue weighted by atomic mass is 10.1. The van der Waals surface area contributed by atoms with Gasteiger partial charge in [0.1, 0.15) is 13.2 Å².